The first kappa shape index (κ1) is 11.6. The molecule has 0 radical (unpaired) electrons. The highest BCUT2D eigenvalue weighted by atomic mass is 32.2. The van der Waals surface area contributed by atoms with Gasteiger partial charge in [0, 0.05) is 34.4 Å². The molecule has 0 bridgehead atoms. The van der Waals surface area contributed by atoms with Gasteiger partial charge in [-0.15, -0.1) is 0 Å². The second kappa shape index (κ2) is 5.41. The lowest BCUT2D eigenvalue weighted by atomic mass is 10.0. The Kier molecular flexibility index (Phi) is 4.17. The van der Waals surface area contributed by atoms with Crippen molar-refractivity contribution >= 4 is 10.8 Å². The number of nitrogens with zero attached hydrogens (tertiary/aromatic N) is 1. The van der Waals surface area contributed by atoms with Gasteiger partial charge in [0.05, 0.1) is 0 Å². The van der Waals surface area contributed by atoms with Crippen LogP contribution in [0.4, 0.5) is 0 Å². The standard InChI is InChI=1S/C11H22N2OS/c1-13-6-2-10(3-7-13)12-11-4-8-15(14)9-5-11/h10-12H,2-9H2,1H3. The molecule has 2 heterocycles. The normalized spacial score (nSPS) is 35.5. The van der Waals surface area contributed by atoms with Crippen LogP contribution in [0.2, 0.25) is 0 Å². The number of rotatable bonds is 2. The molecule has 0 amide bonds. The molecule has 0 unspecified atom stereocenters. The molecule has 3 nitrogen and oxygen atoms in total. The van der Waals surface area contributed by atoms with Crippen molar-refractivity contribution in [2.45, 2.75) is 37.8 Å². The van der Waals surface area contributed by atoms with Gasteiger partial charge in [0.2, 0.25) is 0 Å². The number of hydrogen-bond acceptors (Lipinski definition) is 3. The van der Waals surface area contributed by atoms with Crippen molar-refractivity contribution in [3.63, 3.8) is 0 Å². The maximum atomic E-state index is 11.2. The molecule has 0 atom stereocenters. The lowest BCUT2D eigenvalue weighted by molar-refractivity contribution is 0.221. The van der Waals surface area contributed by atoms with Gasteiger partial charge in [0.25, 0.3) is 0 Å². The zero-order valence-corrected chi connectivity index (χ0v) is 10.4. The lowest BCUT2D eigenvalue weighted by Gasteiger charge is -2.33. The van der Waals surface area contributed by atoms with Crippen LogP contribution in [0.1, 0.15) is 25.7 Å². The second-order valence-corrected chi connectivity index (χ2v) is 6.56. The molecule has 4 heteroatoms. The van der Waals surface area contributed by atoms with Gasteiger partial charge < -0.3 is 10.2 Å². The van der Waals surface area contributed by atoms with Crippen LogP contribution in [-0.4, -0.2) is 52.8 Å². The Labute approximate surface area is 95.1 Å². The third-order valence-electron chi connectivity index (χ3n) is 3.58. The minimum Gasteiger partial charge on any atom is -0.311 e. The van der Waals surface area contributed by atoms with Gasteiger partial charge in [-0.25, -0.2) is 0 Å². The smallest absolute Gasteiger partial charge is 0.0249 e. The third kappa shape index (κ3) is 3.54. The molecule has 0 aromatic carbocycles. The molecule has 2 saturated heterocycles. The van der Waals surface area contributed by atoms with Gasteiger partial charge in [0.15, 0.2) is 0 Å². The molecule has 1 N–H and O–H groups in total. The van der Waals surface area contributed by atoms with Crippen LogP contribution >= 0.6 is 0 Å². The highest BCUT2D eigenvalue weighted by Gasteiger charge is 2.22. The molecule has 0 aliphatic carbocycles. The molecular formula is C11H22N2OS. The van der Waals surface area contributed by atoms with Crippen LogP contribution in [0.15, 0.2) is 0 Å². The number of piperidine rings is 1. The summed E-state index contributed by atoms with van der Waals surface area (Å²) < 4.78 is 11.2. The predicted octanol–water partition coefficient (Wildman–Crippen LogP) is 0.581. The molecule has 2 aliphatic heterocycles. The molecule has 2 rings (SSSR count). The van der Waals surface area contributed by atoms with E-state index in [1.807, 2.05) is 0 Å². The van der Waals surface area contributed by atoms with E-state index in [-0.39, 0.29) is 0 Å². The van der Waals surface area contributed by atoms with Gasteiger partial charge in [-0.3, -0.25) is 4.21 Å². The minimum absolute atomic E-state index is 0.521. The summed E-state index contributed by atoms with van der Waals surface area (Å²) in [5, 5.41) is 3.74. The molecule has 88 valence electrons. The Morgan fingerprint density at radius 2 is 1.60 bits per heavy atom. The zero-order valence-electron chi connectivity index (χ0n) is 9.58. The first-order chi connectivity index (χ1) is 7.24. The van der Waals surface area contributed by atoms with Crippen molar-refractivity contribution < 1.29 is 4.21 Å². The number of hydrogen-bond donors (Lipinski definition) is 1. The average Bonchev–Trinajstić information content (AvgIpc) is 2.25. The Morgan fingerprint density at radius 3 is 2.20 bits per heavy atom. The number of nitrogens with one attached hydrogen (secondary N) is 1. The largest absolute Gasteiger partial charge is 0.311 e. The van der Waals surface area contributed by atoms with Crippen molar-refractivity contribution in [3.05, 3.63) is 0 Å². The minimum atomic E-state index is -0.521. The molecule has 0 spiro atoms. The second-order valence-electron chi connectivity index (χ2n) is 4.87. The molecule has 2 fully saturated rings. The van der Waals surface area contributed by atoms with E-state index in [9.17, 15) is 4.21 Å². The lowest BCUT2D eigenvalue weighted by Crippen LogP contribution is -2.47. The molecule has 0 aromatic rings. The summed E-state index contributed by atoms with van der Waals surface area (Å²) in [6.45, 7) is 2.44. The predicted molar refractivity (Wildman–Crippen MR) is 64.6 cm³/mol. The summed E-state index contributed by atoms with van der Waals surface area (Å²) in [4.78, 5) is 2.40. The Balaban J connectivity index is 1.70. The molecule has 15 heavy (non-hydrogen) atoms. The summed E-state index contributed by atoms with van der Waals surface area (Å²) in [7, 11) is 1.67. The molecular weight excluding hydrogens is 208 g/mol. The van der Waals surface area contributed by atoms with E-state index in [2.05, 4.69) is 17.3 Å². The van der Waals surface area contributed by atoms with E-state index >= 15 is 0 Å². The fraction of sp³-hybridized carbons (Fsp3) is 1.00. The van der Waals surface area contributed by atoms with Gasteiger partial charge in [0.1, 0.15) is 0 Å². The average molecular weight is 230 g/mol. The van der Waals surface area contributed by atoms with Crippen LogP contribution in [0, 0.1) is 0 Å². The first-order valence-electron chi connectivity index (χ1n) is 6.03. The fourth-order valence-electron chi connectivity index (χ4n) is 2.47. The van der Waals surface area contributed by atoms with E-state index in [0.29, 0.717) is 12.1 Å². The van der Waals surface area contributed by atoms with E-state index in [1.165, 1.54) is 25.9 Å². The van der Waals surface area contributed by atoms with Crippen molar-refractivity contribution in [1.82, 2.24) is 10.2 Å². The van der Waals surface area contributed by atoms with E-state index < -0.39 is 10.8 Å². The van der Waals surface area contributed by atoms with Crippen LogP contribution in [-0.2, 0) is 10.8 Å². The van der Waals surface area contributed by atoms with Gasteiger partial charge >= 0.3 is 0 Å². The maximum absolute atomic E-state index is 11.2. The molecule has 0 aromatic heterocycles. The number of likely N-dealkylation sites (tertiary alicyclic amines) is 1. The summed E-state index contributed by atoms with van der Waals surface area (Å²) in [5.74, 6) is 1.81. The van der Waals surface area contributed by atoms with Gasteiger partial charge in [-0.05, 0) is 45.8 Å². The third-order valence-corrected chi connectivity index (χ3v) is 4.96. The highest BCUT2D eigenvalue weighted by molar-refractivity contribution is 7.85. The van der Waals surface area contributed by atoms with Crippen molar-refractivity contribution in [2.75, 3.05) is 31.6 Å². The SMILES string of the molecule is CN1CCC(NC2CCS(=O)CC2)CC1. The summed E-state index contributed by atoms with van der Waals surface area (Å²) in [5.41, 5.74) is 0. The topological polar surface area (TPSA) is 32.3 Å². The van der Waals surface area contributed by atoms with E-state index in [1.54, 1.807) is 0 Å². The van der Waals surface area contributed by atoms with Gasteiger partial charge in [-0.1, -0.05) is 0 Å². The van der Waals surface area contributed by atoms with Crippen molar-refractivity contribution in [2.24, 2.45) is 0 Å². The van der Waals surface area contributed by atoms with Crippen LogP contribution < -0.4 is 5.32 Å². The summed E-state index contributed by atoms with van der Waals surface area (Å²) in [6, 6.07) is 1.34. The fourth-order valence-corrected chi connectivity index (χ4v) is 3.77. The molecule has 0 saturated carbocycles. The Hall–Kier alpha value is 0.0700. The van der Waals surface area contributed by atoms with E-state index in [0.717, 1.165) is 24.3 Å². The van der Waals surface area contributed by atoms with Gasteiger partial charge in [-0.2, -0.15) is 0 Å². The zero-order chi connectivity index (χ0) is 10.7. The highest BCUT2D eigenvalue weighted by Crippen LogP contribution is 2.14. The van der Waals surface area contributed by atoms with Crippen LogP contribution in [0.5, 0.6) is 0 Å². The molecule has 2 aliphatic rings. The van der Waals surface area contributed by atoms with Crippen LogP contribution in [0.25, 0.3) is 0 Å². The Bertz CT molecular complexity index is 217. The Morgan fingerprint density at radius 1 is 1.07 bits per heavy atom. The summed E-state index contributed by atoms with van der Waals surface area (Å²) >= 11 is 0. The summed E-state index contributed by atoms with van der Waals surface area (Å²) in [6.07, 6.45) is 4.77. The maximum Gasteiger partial charge on any atom is 0.0249 e. The van der Waals surface area contributed by atoms with Crippen LogP contribution in [0.3, 0.4) is 0 Å². The monoisotopic (exact) mass is 230 g/mol. The quantitative estimate of drug-likeness (QED) is 0.753. The van der Waals surface area contributed by atoms with Crippen molar-refractivity contribution in [3.8, 4) is 0 Å². The van der Waals surface area contributed by atoms with Crippen molar-refractivity contribution in [1.29, 1.82) is 0 Å². The van der Waals surface area contributed by atoms with E-state index in [4.69, 9.17) is 0 Å². The first-order valence-corrected chi connectivity index (χ1v) is 7.52.